The normalized spacial score (nSPS) is 10.1. The van der Waals surface area contributed by atoms with E-state index in [9.17, 15) is 4.79 Å². The summed E-state index contributed by atoms with van der Waals surface area (Å²) in [5.74, 6) is 0.426. The highest BCUT2D eigenvalue weighted by atomic mass is 16.5. The quantitative estimate of drug-likeness (QED) is 0.435. The molecule has 0 fully saturated rings. The number of carbonyl (C=O) groups is 1. The topological polar surface area (TPSA) is 64.3 Å². The third-order valence-electron chi connectivity index (χ3n) is 2.82. The zero-order valence-electron chi connectivity index (χ0n) is 12.4. The van der Waals surface area contributed by atoms with Gasteiger partial charge >= 0.3 is 0 Å². The number of hydrogen-bond acceptors (Lipinski definition) is 3. The van der Waals surface area contributed by atoms with Crippen molar-refractivity contribution >= 4 is 11.6 Å². The van der Waals surface area contributed by atoms with Crippen molar-refractivity contribution in [2.75, 3.05) is 18.9 Å². The fraction of sp³-hybridized carbons (Fsp3) is 0.438. The second kappa shape index (κ2) is 8.25. The summed E-state index contributed by atoms with van der Waals surface area (Å²) in [5, 5.41) is 2.89. The maximum absolute atomic E-state index is 12.0. The van der Waals surface area contributed by atoms with E-state index in [4.69, 9.17) is 10.5 Å². The number of unbranched alkanes of at least 4 members (excludes halogenated alkanes) is 2. The van der Waals surface area contributed by atoms with Crippen molar-refractivity contribution in [3.05, 3.63) is 35.9 Å². The molecule has 3 N–H and O–H groups in total. The summed E-state index contributed by atoms with van der Waals surface area (Å²) in [6, 6.07) is 5.07. The Balaban J connectivity index is 2.63. The van der Waals surface area contributed by atoms with Gasteiger partial charge in [0.05, 0.1) is 5.69 Å². The molecule has 0 radical (unpaired) electrons. The molecule has 0 bridgehead atoms. The van der Waals surface area contributed by atoms with E-state index in [1.807, 2.05) is 6.92 Å². The van der Waals surface area contributed by atoms with Gasteiger partial charge in [-0.25, -0.2) is 0 Å². The lowest BCUT2D eigenvalue weighted by atomic mass is 10.1. The number of amides is 1. The summed E-state index contributed by atoms with van der Waals surface area (Å²) in [6.07, 6.45) is 3.25. The highest BCUT2D eigenvalue weighted by Gasteiger charge is 2.09. The summed E-state index contributed by atoms with van der Waals surface area (Å²) in [6.45, 7) is 8.87. The molecule has 0 spiro atoms. The Morgan fingerprint density at radius 1 is 1.40 bits per heavy atom. The maximum Gasteiger partial charge on any atom is 0.251 e. The molecule has 0 aromatic heterocycles. The molecule has 0 saturated heterocycles. The monoisotopic (exact) mass is 276 g/mol. The molecule has 20 heavy (non-hydrogen) atoms. The Morgan fingerprint density at radius 2 is 2.15 bits per heavy atom. The van der Waals surface area contributed by atoms with Gasteiger partial charge in [-0.1, -0.05) is 26.3 Å². The third kappa shape index (κ3) is 5.34. The molecule has 0 aliphatic heterocycles. The molecule has 1 rings (SSSR count). The van der Waals surface area contributed by atoms with Gasteiger partial charge in [-0.2, -0.15) is 0 Å². The van der Waals surface area contributed by atoms with E-state index in [1.165, 1.54) is 0 Å². The minimum Gasteiger partial charge on any atom is -0.487 e. The van der Waals surface area contributed by atoms with Crippen LogP contribution in [0, 0.1) is 0 Å². The Bertz CT molecular complexity index is 470. The van der Waals surface area contributed by atoms with E-state index in [0.717, 1.165) is 24.8 Å². The van der Waals surface area contributed by atoms with Crippen molar-refractivity contribution in [2.45, 2.75) is 33.1 Å². The van der Waals surface area contributed by atoms with Crippen molar-refractivity contribution in [1.29, 1.82) is 0 Å². The zero-order valence-corrected chi connectivity index (χ0v) is 12.4. The SMILES string of the molecule is C=C(C)COc1cc(C(=O)NCCCCC)ccc1N. The average molecular weight is 276 g/mol. The van der Waals surface area contributed by atoms with Gasteiger partial charge in [-0.15, -0.1) is 0 Å². The summed E-state index contributed by atoms with van der Waals surface area (Å²) < 4.78 is 5.53. The fourth-order valence-corrected chi connectivity index (χ4v) is 1.68. The van der Waals surface area contributed by atoms with Crippen LogP contribution in [0.5, 0.6) is 5.75 Å². The van der Waals surface area contributed by atoms with E-state index in [0.29, 0.717) is 30.2 Å². The fourth-order valence-electron chi connectivity index (χ4n) is 1.68. The smallest absolute Gasteiger partial charge is 0.251 e. The van der Waals surface area contributed by atoms with E-state index in [-0.39, 0.29) is 5.91 Å². The summed E-state index contributed by atoms with van der Waals surface area (Å²) >= 11 is 0. The maximum atomic E-state index is 12.0. The lowest BCUT2D eigenvalue weighted by Gasteiger charge is -2.11. The molecule has 4 nitrogen and oxygen atoms in total. The highest BCUT2D eigenvalue weighted by molar-refractivity contribution is 5.95. The molecule has 1 aromatic carbocycles. The number of nitrogen functional groups attached to an aromatic ring is 1. The van der Waals surface area contributed by atoms with Crippen LogP contribution in [-0.4, -0.2) is 19.1 Å². The molecule has 0 atom stereocenters. The van der Waals surface area contributed by atoms with Crippen LogP contribution < -0.4 is 15.8 Å². The number of carbonyl (C=O) groups excluding carboxylic acids is 1. The Labute approximate surface area is 121 Å². The van der Waals surface area contributed by atoms with Gasteiger partial charge < -0.3 is 15.8 Å². The number of hydrogen-bond donors (Lipinski definition) is 2. The van der Waals surface area contributed by atoms with Crippen LogP contribution in [0.4, 0.5) is 5.69 Å². The molecule has 0 heterocycles. The van der Waals surface area contributed by atoms with Gasteiger partial charge in [-0.05, 0) is 37.1 Å². The summed E-state index contributed by atoms with van der Waals surface area (Å²) in [7, 11) is 0. The van der Waals surface area contributed by atoms with E-state index in [1.54, 1.807) is 18.2 Å². The van der Waals surface area contributed by atoms with Gasteiger partial charge in [0, 0.05) is 12.1 Å². The minimum atomic E-state index is -0.0960. The first-order chi connectivity index (χ1) is 9.54. The van der Waals surface area contributed by atoms with Gasteiger partial charge in [0.15, 0.2) is 0 Å². The van der Waals surface area contributed by atoms with Gasteiger partial charge in [0.2, 0.25) is 0 Å². The lowest BCUT2D eigenvalue weighted by Crippen LogP contribution is -2.24. The van der Waals surface area contributed by atoms with Crippen molar-refractivity contribution in [3.63, 3.8) is 0 Å². The molecule has 0 aliphatic carbocycles. The summed E-state index contributed by atoms with van der Waals surface area (Å²) in [5.41, 5.74) is 7.82. The first kappa shape index (κ1) is 16.1. The van der Waals surface area contributed by atoms with E-state index >= 15 is 0 Å². The number of anilines is 1. The molecular weight excluding hydrogens is 252 g/mol. The Kier molecular flexibility index (Phi) is 6.64. The molecule has 0 unspecified atom stereocenters. The van der Waals surface area contributed by atoms with Crippen LogP contribution in [0.25, 0.3) is 0 Å². The first-order valence-electron chi connectivity index (χ1n) is 6.99. The predicted molar refractivity (Wildman–Crippen MR) is 83.0 cm³/mol. The Morgan fingerprint density at radius 3 is 2.80 bits per heavy atom. The van der Waals surface area contributed by atoms with Crippen molar-refractivity contribution < 1.29 is 9.53 Å². The molecule has 1 aromatic rings. The van der Waals surface area contributed by atoms with Gasteiger partial charge in [0.1, 0.15) is 12.4 Å². The molecule has 1 amide bonds. The van der Waals surface area contributed by atoms with Crippen LogP contribution in [0.15, 0.2) is 30.4 Å². The van der Waals surface area contributed by atoms with Gasteiger partial charge in [0.25, 0.3) is 5.91 Å². The zero-order chi connectivity index (χ0) is 15.0. The number of ether oxygens (including phenoxy) is 1. The van der Waals surface area contributed by atoms with Crippen LogP contribution >= 0.6 is 0 Å². The molecule has 0 saturated carbocycles. The largest absolute Gasteiger partial charge is 0.487 e. The molecule has 4 heteroatoms. The number of benzene rings is 1. The number of nitrogens with two attached hydrogens (primary N) is 1. The third-order valence-corrected chi connectivity index (χ3v) is 2.82. The van der Waals surface area contributed by atoms with Gasteiger partial charge in [-0.3, -0.25) is 4.79 Å². The average Bonchev–Trinajstić information content (AvgIpc) is 2.42. The second-order valence-corrected chi connectivity index (χ2v) is 4.96. The highest BCUT2D eigenvalue weighted by Crippen LogP contribution is 2.23. The molecule has 0 aliphatic rings. The standard InChI is InChI=1S/C16H24N2O2/c1-4-5-6-9-18-16(19)13-7-8-14(17)15(10-13)20-11-12(2)3/h7-8,10H,2,4-6,9,11,17H2,1,3H3,(H,18,19). The lowest BCUT2D eigenvalue weighted by molar-refractivity contribution is 0.0952. The number of rotatable bonds is 8. The van der Waals surface area contributed by atoms with E-state index in [2.05, 4.69) is 18.8 Å². The van der Waals surface area contributed by atoms with Crippen molar-refractivity contribution in [1.82, 2.24) is 5.32 Å². The predicted octanol–water partition coefficient (Wildman–Crippen LogP) is 3.14. The number of nitrogens with one attached hydrogen (secondary N) is 1. The van der Waals surface area contributed by atoms with Crippen molar-refractivity contribution in [2.24, 2.45) is 0 Å². The first-order valence-corrected chi connectivity index (χ1v) is 6.99. The van der Waals surface area contributed by atoms with E-state index < -0.39 is 0 Å². The van der Waals surface area contributed by atoms with Crippen molar-refractivity contribution in [3.8, 4) is 5.75 Å². The van der Waals surface area contributed by atoms with Crippen LogP contribution in [0.3, 0.4) is 0 Å². The van der Waals surface area contributed by atoms with Crippen LogP contribution in [-0.2, 0) is 0 Å². The Hall–Kier alpha value is -1.97. The van der Waals surface area contributed by atoms with Crippen LogP contribution in [0.1, 0.15) is 43.5 Å². The molecule has 110 valence electrons. The minimum absolute atomic E-state index is 0.0960. The molecular formula is C16H24N2O2. The summed E-state index contributed by atoms with van der Waals surface area (Å²) in [4.78, 5) is 12.0. The van der Waals surface area contributed by atoms with Crippen LogP contribution in [0.2, 0.25) is 0 Å². The second-order valence-electron chi connectivity index (χ2n) is 4.96.